The van der Waals surface area contributed by atoms with E-state index < -0.39 is 34.0 Å². The molecule has 1 heterocycles. The summed E-state index contributed by atoms with van der Waals surface area (Å²) in [5.74, 6) is -0.610. The van der Waals surface area contributed by atoms with E-state index in [0.717, 1.165) is 6.26 Å². The number of hydrogen-bond acceptors (Lipinski definition) is 4. The van der Waals surface area contributed by atoms with Crippen molar-refractivity contribution < 1.29 is 18.7 Å². The number of nitrogens with zero attached hydrogens (tertiary/aromatic N) is 1. The molecule has 0 aliphatic rings. The van der Waals surface area contributed by atoms with Crippen LogP contribution in [0.15, 0.2) is 65.6 Å². The summed E-state index contributed by atoms with van der Waals surface area (Å²) in [5, 5.41) is 2.73. The van der Waals surface area contributed by atoms with E-state index in [1.165, 1.54) is 36.4 Å². The molecule has 0 atom stereocenters. The molecule has 0 aliphatic heterocycles. The number of hydrogen-bond donors (Lipinski definition) is 1. The molecule has 0 unspecified atom stereocenters. The largest absolute Gasteiger partial charge is 0.322 e. The van der Waals surface area contributed by atoms with E-state index in [0.29, 0.717) is 0 Å². The Balaban J connectivity index is 1.98. The lowest BCUT2D eigenvalue weighted by molar-refractivity contribution is 0.102. The minimum absolute atomic E-state index is 0.0212. The van der Waals surface area contributed by atoms with Gasteiger partial charge in [0.25, 0.3) is 5.91 Å². The molecule has 8 heteroatoms. The molecule has 27 heavy (non-hydrogen) atoms. The molecule has 0 fully saturated rings. The van der Waals surface area contributed by atoms with Crippen LogP contribution in [0.1, 0.15) is 15.8 Å². The first kappa shape index (κ1) is 14.6. The number of rotatable bonds is 4. The monoisotopic (exact) mass is 424 g/mol. The number of carbonyl (C=O) groups is 1. The summed E-state index contributed by atoms with van der Waals surface area (Å²) >= 11 is 12.3. The average molecular weight is 425 g/mol. The van der Waals surface area contributed by atoms with Gasteiger partial charge in [-0.2, -0.15) is 0 Å². The molecule has 0 bridgehead atoms. The molecule has 5 nitrogen and oxygen atoms in total. The van der Waals surface area contributed by atoms with Gasteiger partial charge >= 0.3 is 0 Å². The van der Waals surface area contributed by atoms with Crippen molar-refractivity contribution in [2.24, 2.45) is 0 Å². The third-order valence-electron chi connectivity index (χ3n) is 3.56. The number of pyridine rings is 1. The van der Waals surface area contributed by atoms with Gasteiger partial charge in [-0.1, -0.05) is 29.2 Å². The first-order valence-electron chi connectivity index (χ1n) is 9.45. The van der Waals surface area contributed by atoms with Gasteiger partial charge in [-0.05, 0) is 48.5 Å². The van der Waals surface area contributed by atoms with E-state index in [4.69, 9.17) is 28.7 Å². The van der Waals surface area contributed by atoms with E-state index in [9.17, 15) is 13.2 Å². The molecule has 0 aliphatic carbocycles. The Labute approximate surface area is 172 Å². The highest BCUT2D eigenvalue weighted by molar-refractivity contribution is 7.90. The van der Waals surface area contributed by atoms with Crippen LogP contribution in [0.5, 0.6) is 0 Å². The number of benzene rings is 2. The number of carbonyl (C=O) groups excluding carboxylic acids is 1. The van der Waals surface area contributed by atoms with E-state index in [-0.39, 0.29) is 43.5 Å². The summed E-state index contributed by atoms with van der Waals surface area (Å²) < 4.78 is 54.4. The van der Waals surface area contributed by atoms with Crippen molar-refractivity contribution >= 4 is 44.6 Å². The number of halogens is 2. The minimum atomic E-state index is -3.48. The SMILES string of the molecule is [2H]c1nc(-c2cc(NC(=O)c3ccc(S(C)(=O)=O)cc3Cl)ccc2Cl)c([2H])c([2H])c1[2H]. The van der Waals surface area contributed by atoms with Crippen LogP contribution in [-0.2, 0) is 9.84 Å². The predicted octanol–water partition coefficient (Wildman–Crippen LogP) is 4.71. The highest BCUT2D eigenvalue weighted by atomic mass is 35.5. The molecule has 3 rings (SSSR count). The van der Waals surface area contributed by atoms with Gasteiger partial charge in [-0.3, -0.25) is 9.78 Å². The van der Waals surface area contributed by atoms with Crippen molar-refractivity contribution in [2.45, 2.75) is 4.90 Å². The van der Waals surface area contributed by atoms with Gasteiger partial charge in [0.1, 0.15) is 0 Å². The Kier molecular flexibility index (Phi) is 4.16. The summed E-state index contributed by atoms with van der Waals surface area (Å²) in [4.78, 5) is 16.5. The molecular formula is C19H14Cl2N2O3S. The quantitative estimate of drug-likeness (QED) is 0.657. The summed E-state index contributed by atoms with van der Waals surface area (Å²) in [5.41, 5.74) is 0.444. The van der Waals surface area contributed by atoms with Gasteiger partial charge in [-0.15, -0.1) is 0 Å². The summed E-state index contributed by atoms with van der Waals surface area (Å²) in [6.07, 6.45) is 0.555. The second kappa shape index (κ2) is 7.68. The third kappa shape index (κ3) is 4.47. The number of aromatic nitrogens is 1. The van der Waals surface area contributed by atoms with Crippen molar-refractivity contribution in [3.05, 3.63) is 76.3 Å². The average Bonchev–Trinajstić information content (AvgIpc) is 2.70. The van der Waals surface area contributed by atoms with Gasteiger partial charge in [0.2, 0.25) is 0 Å². The van der Waals surface area contributed by atoms with Gasteiger partial charge in [0, 0.05) is 23.7 Å². The zero-order chi connectivity index (χ0) is 23.1. The molecule has 0 saturated heterocycles. The van der Waals surface area contributed by atoms with Crippen molar-refractivity contribution in [3.63, 3.8) is 0 Å². The molecule has 1 N–H and O–H groups in total. The fourth-order valence-electron chi connectivity index (χ4n) is 2.25. The lowest BCUT2D eigenvalue weighted by atomic mass is 10.1. The zero-order valence-corrected chi connectivity index (χ0v) is 16.1. The molecule has 1 amide bonds. The van der Waals surface area contributed by atoms with Gasteiger partial charge in [-0.25, -0.2) is 8.42 Å². The van der Waals surface area contributed by atoms with Crippen molar-refractivity contribution in [2.75, 3.05) is 11.6 Å². The zero-order valence-electron chi connectivity index (χ0n) is 17.8. The Bertz CT molecular complexity index is 1330. The lowest BCUT2D eigenvalue weighted by Gasteiger charge is -2.10. The summed E-state index contributed by atoms with van der Waals surface area (Å²) in [6.45, 7) is 0. The predicted molar refractivity (Wildman–Crippen MR) is 107 cm³/mol. The number of nitrogens with one attached hydrogen (secondary N) is 1. The standard InChI is InChI=1S/C19H14Cl2N2O3S/c1-27(25,26)13-6-7-14(17(21)11-13)19(24)23-12-5-8-16(20)15(10-12)18-4-2-3-9-22-18/h2-11H,1H3,(H,23,24)/i2D,3D,4D,9D. The smallest absolute Gasteiger partial charge is 0.257 e. The Morgan fingerprint density at radius 3 is 2.59 bits per heavy atom. The van der Waals surface area contributed by atoms with Crippen LogP contribution in [0.4, 0.5) is 5.69 Å². The first-order chi connectivity index (χ1) is 14.4. The maximum Gasteiger partial charge on any atom is 0.257 e. The Morgan fingerprint density at radius 2 is 1.89 bits per heavy atom. The van der Waals surface area contributed by atoms with E-state index >= 15 is 0 Å². The van der Waals surface area contributed by atoms with Crippen LogP contribution < -0.4 is 5.32 Å². The topological polar surface area (TPSA) is 76.1 Å². The fourth-order valence-corrected chi connectivity index (χ4v) is 3.44. The van der Waals surface area contributed by atoms with Gasteiger partial charge in [0.15, 0.2) is 9.84 Å². The van der Waals surface area contributed by atoms with Crippen molar-refractivity contribution in [3.8, 4) is 11.3 Å². The number of amides is 1. The molecule has 2 aromatic carbocycles. The van der Waals surface area contributed by atoms with Crippen LogP contribution in [0.2, 0.25) is 10.0 Å². The summed E-state index contributed by atoms with van der Waals surface area (Å²) in [6, 6.07) is 6.81. The van der Waals surface area contributed by atoms with Gasteiger partial charge < -0.3 is 5.32 Å². The number of anilines is 1. The molecule has 0 spiro atoms. The van der Waals surface area contributed by atoms with Gasteiger partial charge in [0.05, 0.1) is 31.7 Å². The molecule has 0 saturated carbocycles. The normalized spacial score (nSPS) is 13.3. The maximum absolute atomic E-state index is 12.6. The van der Waals surface area contributed by atoms with Crippen LogP contribution in [0.25, 0.3) is 11.3 Å². The first-order valence-corrected chi connectivity index (χ1v) is 10.1. The second-order valence-electron chi connectivity index (χ2n) is 5.51. The van der Waals surface area contributed by atoms with Crippen LogP contribution >= 0.6 is 23.2 Å². The molecule has 1 aromatic heterocycles. The fraction of sp³-hybridized carbons (Fsp3) is 0.0526. The Morgan fingerprint density at radius 1 is 1.11 bits per heavy atom. The highest BCUT2D eigenvalue weighted by Crippen LogP contribution is 2.30. The third-order valence-corrected chi connectivity index (χ3v) is 5.31. The molecular weight excluding hydrogens is 407 g/mol. The van der Waals surface area contributed by atoms with E-state index in [1.807, 2.05) is 0 Å². The van der Waals surface area contributed by atoms with Crippen molar-refractivity contribution in [1.29, 1.82) is 0 Å². The van der Waals surface area contributed by atoms with E-state index in [2.05, 4.69) is 10.3 Å². The Hall–Kier alpha value is -2.41. The van der Waals surface area contributed by atoms with Crippen LogP contribution in [0, 0.1) is 0 Å². The maximum atomic E-state index is 12.6. The molecule has 138 valence electrons. The molecule has 0 radical (unpaired) electrons. The minimum Gasteiger partial charge on any atom is -0.322 e. The van der Waals surface area contributed by atoms with Crippen LogP contribution in [0.3, 0.4) is 0 Å². The lowest BCUT2D eigenvalue weighted by Crippen LogP contribution is -2.13. The molecule has 3 aromatic rings. The summed E-state index contributed by atoms with van der Waals surface area (Å²) in [7, 11) is -3.48. The second-order valence-corrected chi connectivity index (χ2v) is 8.34. The van der Waals surface area contributed by atoms with E-state index in [1.54, 1.807) is 0 Å². The highest BCUT2D eigenvalue weighted by Gasteiger charge is 2.15. The van der Waals surface area contributed by atoms with Crippen LogP contribution in [-0.4, -0.2) is 25.6 Å². The number of sulfone groups is 1. The van der Waals surface area contributed by atoms with Crippen molar-refractivity contribution in [1.82, 2.24) is 4.98 Å².